The van der Waals surface area contributed by atoms with E-state index in [-0.39, 0.29) is 11.6 Å². The minimum Gasteiger partial charge on any atom is -0.363 e. The van der Waals surface area contributed by atoms with E-state index >= 15 is 0 Å². The first kappa shape index (κ1) is 15.6. The van der Waals surface area contributed by atoms with Crippen LogP contribution < -0.4 is 10.6 Å². The lowest BCUT2D eigenvalue weighted by Crippen LogP contribution is -2.15. The molecule has 0 aliphatic rings. The Labute approximate surface area is 140 Å². The van der Waals surface area contributed by atoms with Crippen molar-refractivity contribution in [3.05, 3.63) is 77.7 Å². The molecule has 0 saturated heterocycles. The number of hydrogen-bond acceptors (Lipinski definition) is 5. The number of nitrogens with one attached hydrogen (secondary N) is 2. The Morgan fingerprint density at radius 1 is 1.00 bits per heavy atom. The van der Waals surface area contributed by atoms with Crippen LogP contribution in [0.25, 0.3) is 0 Å². The van der Waals surface area contributed by atoms with Crippen LogP contribution in [0.2, 0.25) is 0 Å². The highest BCUT2D eigenvalue weighted by Gasteiger charge is 2.09. The normalized spacial score (nSPS) is 10.2. The maximum absolute atomic E-state index is 12.2. The molecule has 120 valence electrons. The number of anilines is 2. The average Bonchev–Trinajstić information content (AvgIpc) is 2.63. The maximum Gasteiger partial charge on any atom is 0.276 e. The number of carbonyl (C=O) groups excluding carboxylic acids is 1. The Morgan fingerprint density at radius 3 is 2.54 bits per heavy atom. The fourth-order valence-electron chi connectivity index (χ4n) is 2.13. The second kappa shape index (κ2) is 7.32. The molecule has 0 aliphatic carbocycles. The molecule has 0 fully saturated rings. The molecule has 6 nitrogen and oxygen atoms in total. The van der Waals surface area contributed by atoms with E-state index in [0.717, 1.165) is 16.9 Å². The minimum atomic E-state index is -0.284. The van der Waals surface area contributed by atoms with Gasteiger partial charge in [-0.3, -0.25) is 9.78 Å². The summed E-state index contributed by atoms with van der Waals surface area (Å²) < 4.78 is 0. The molecule has 3 aromatic rings. The van der Waals surface area contributed by atoms with Crippen LogP contribution in [0.1, 0.15) is 21.7 Å². The molecule has 1 aromatic carbocycles. The highest BCUT2D eigenvalue weighted by atomic mass is 16.1. The van der Waals surface area contributed by atoms with Crippen molar-refractivity contribution >= 4 is 17.4 Å². The third-order valence-corrected chi connectivity index (χ3v) is 3.47. The predicted octanol–water partition coefficient (Wildman–Crippen LogP) is 3.04. The number of hydrogen-bond donors (Lipinski definition) is 2. The summed E-state index contributed by atoms with van der Waals surface area (Å²) in [5, 5.41) is 14.0. The van der Waals surface area contributed by atoms with Crippen molar-refractivity contribution in [2.24, 2.45) is 0 Å². The zero-order valence-electron chi connectivity index (χ0n) is 13.2. The molecule has 24 heavy (non-hydrogen) atoms. The number of aryl methyl sites for hydroxylation is 1. The van der Waals surface area contributed by atoms with Crippen LogP contribution >= 0.6 is 0 Å². The summed E-state index contributed by atoms with van der Waals surface area (Å²) in [4.78, 5) is 16.4. The molecule has 0 atom stereocenters. The van der Waals surface area contributed by atoms with Crippen molar-refractivity contribution in [3.8, 4) is 0 Å². The van der Waals surface area contributed by atoms with Gasteiger partial charge in [-0.25, -0.2) is 0 Å². The minimum absolute atomic E-state index is 0.265. The van der Waals surface area contributed by atoms with Crippen LogP contribution in [0, 0.1) is 6.92 Å². The molecule has 0 bridgehead atoms. The Bertz CT molecular complexity index is 818. The molecule has 0 radical (unpaired) electrons. The number of nitrogens with zero attached hydrogens (tertiary/aromatic N) is 3. The Kier molecular flexibility index (Phi) is 4.76. The van der Waals surface area contributed by atoms with Gasteiger partial charge in [-0.1, -0.05) is 24.3 Å². The van der Waals surface area contributed by atoms with Crippen molar-refractivity contribution in [1.82, 2.24) is 15.2 Å². The van der Waals surface area contributed by atoms with Gasteiger partial charge in [0.1, 0.15) is 5.82 Å². The highest BCUT2D eigenvalue weighted by molar-refractivity contribution is 6.03. The van der Waals surface area contributed by atoms with Crippen LogP contribution in [0.4, 0.5) is 11.5 Å². The molecule has 6 heteroatoms. The number of benzene rings is 1. The van der Waals surface area contributed by atoms with Crippen LogP contribution in [-0.2, 0) is 6.54 Å². The number of aromatic nitrogens is 3. The maximum atomic E-state index is 12.2. The lowest BCUT2D eigenvalue weighted by Gasteiger charge is -2.08. The number of pyridine rings is 1. The van der Waals surface area contributed by atoms with Crippen LogP contribution in [0.3, 0.4) is 0 Å². The van der Waals surface area contributed by atoms with E-state index in [2.05, 4.69) is 25.8 Å². The molecule has 0 aliphatic heterocycles. The summed E-state index contributed by atoms with van der Waals surface area (Å²) in [6, 6.07) is 16.7. The molecule has 2 heterocycles. The molecule has 3 rings (SSSR count). The quantitative estimate of drug-likeness (QED) is 0.755. The lowest BCUT2D eigenvalue weighted by molar-refractivity contribution is 0.102. The van der Waals surface area contributed by atoms with Gasteiger partial charge in [-0.05, 0) is 42.8 Å². The van der Waals surface area contributed by atoms with E-state index in [9.17, 15) is 4.79 Å². The Hall–Kier alpha value is -3.28. The van der Waals surface area contributed by atoms with E-state index < -0.39 is 0 Å². The van der Waals surface area contributed by atoms with Crippen molar-refractivity contribution in [2.75, 3.05) is 10.6 Å². The first-order valence-corrected chi connectivity index (χ1v) is 7.57. The van der Waals surface area contributed by atoms with Gasteiger partial charge in [0.05, 0.1) is 12.2 Å². The molecule has 2 N–H and O–H groups in total. The van der Waals surface area contributed by atoms with Crippen LogP contribution in [-0.4, -0.2) is 21.1 Å². The standard InChI is InChI=1S/C18H17N5O/c1-13-6-2-3-8-15(13)21-18(24)16-9-10-17(23-22-16)20-12-14-7-4-5-11-19-14/h2-11H,12H2,1H3,(H,20,23)(H,21,24). The average molecular weight is 319 g/mol. The van der Waals surface area contributed by atoms with Crippen LogP contribution in [0.15, 0.2) is 60.8 Å². The summed E-state index contributed by atoms with van der Waals surface area (Å²) in [7, 11) is 0. The predicted molar refractivity (Wildman–Crippen MR) is 92.7 cm³/mol. The van der Waals surface area contributed by atoms with Gasteiger partial charge in [0, 0.05) is 11.9 Å². The molecular weight excluding hydrogens is 302 g/mol. The van der Waals surface area contributed by atoms with Crippen molar-refractivity contribution in [2.45, 2.75) is 13.5 Å². The van der Waals surface area contributed by atoms with E-state index in [1.54, 1.807) is 18.3 Å². The number of rotatable bonds is 5. The van der Waals surface area contributed by atoms with Crippen molar-refractivity contribution in [3.63, 3.8) is 0 Å². The lowest BCUT2D eigenvalue weighted by atomic mass is 10.2. The van der Waals surface area contributed by atoms with Gasteiger partial charge in [0.2, 0.25) is 0 Å². The van der Waals surface area contributed by atoms with Crippen LogP contribution in [0.5, 0.6) is 0 Å². The molecule has 0 unspecified atom stereocenters. The van der Waals surface area contributed by atoms with Gasteiger partial charge >= 0.3 is 0 Å². The molecular formula is C18H17N5O. The Morgan fingerprint density at radius 2 is 1.83 bits per heavy atom. The van der Waals surface area contributed by atoms with E-state index in [1.807, 2.05) is 49.4 Å². The third kappa shape index (κ3) is 3.92. The Balaban J connectivity index is 1.61. The molecule has 0 saturated carbocycles. The smallest absolute Gasteiger partial charge is 0.276 e. The first-order valence-electron chi connectivity index (χ1n) is 7.57. The number of para-hydroxylation sites is 1. The van der Waals surface area contributed by atoms with Gasteiger partial charge in [-0.15, -0.1) is 10.2 Å². The second-order valence-electron chi connectivity index (χ2n) is 5.25. The van der Waals surface area contributed by atoms with Gasteiger partial charge in [0.15, 0.2) is 5.69 Å². The first-order chi connectivity index (χ1) is 11.7. The largest absolute Gasteiger partial charge is 0.363 e. The summed E-state index contributed by atoms with van der Waals surface area (Å²) >= 11 is 0. The summed E-state index contributed by atoms with van der Waals surface area (Å²) in [6.07, 6.45) is 1.74. The van der Waals surface area contributed by atoms with Gasteiger partial charge < -0.3 is 10.6 Å². The van der Waals surface area contributed by atoms with E-state index in [1.165, 1.54) is 0 Å². The van der Waals surface area contributed by atoms with Crippen molar-refractivity contribution < 1.29 is 4.79 Å². The highest BCUT2D eigenvalue weighted by Crippen LogP contribution is 2.14. The zero-order valence-corrected chi connectivity index (χ0v) is 13.2. The summed E-state index contributed by atoms with van der Waals surface area (Å²) in [6.45, 7) is 2.48. The van der Waals surface area contributed by atoms with E-state index in [4.69, 9.17) is 0 Å². The van der Waals surface area contributed by atoms with Gasteiger partial charge in [0.25, 0.3) is 5.91 Å². The summed E-state index contributed by atoms with van der Waals surface area (Å²) in [5.41, 5.74) is 2.93. The zero-order chi connectivity index (χ0) is 16.8. The van der Waals surface area contributed by atoms with E-state index in [0.29, 0.717) is 12.4 Å². The van der Waals surface area contributed by atoms with Crippen molar-refractivity contribution in [1.29, 1.82) is 0 Å². The second-order valence-corrected chi connectivity index (χ2v) is 5.25. The number of carbonyl (C=O) groups is 1. The fraction of sp³-hybridized carbons (Fsp3) is 0.111. The monoisotopic (exact) mass is 319 g/mol. The fourth-order valence-corrected chi connectivity index (χ4v) is 2.13. The van der Waals surface area contributed by atoms with Gasteiger partial charge in [-0.2, -0.15) is 0 Å². The summed E-state index contributed by atoms with van der Waals surface area (Å²) in [5.74, 6) is 0.307. The molecule has 2 aromatic heterocycles. The third-order valence-electron chi connectivity index (χ3n) is 3.47. The SMILES string of the molecule is Cc1ccccc1NC(=O)c1ccc(NCc2ccccn2)nn1. The topological polar surface area (TPSA) is 79.8 Å². The molecule has 1 amide bonds. The molecule has 0 spiro atoms. The number of amides is 1.